The van der Waals surface area contributed by atoms with Gasteiger partial charge in [-0.25, -0.2) is 9.59 Å². The summed E-state index contributed by atoms with van der Waals surface area (Å²) in [6, 6.07) is -1.10. The smallest absolute Gasteiger partial charge is 0.327 e. The van der Waals surface area contributed by atoms with Crippen molar-refractivity contribution in [3.63, 3.8) is 0 Å². The van der Waals surface area contributed by atoms with E-state index in [9.17, 15) is 14.7 Å². The maximum Gasteiger partial charge on any atom is 0.327 e. The topological polar surface area (TPSA) is 78.9 Å². The van der Waals surface area contributed by atoms with Gasteiger partial charge in [0.25, 0.3) is 0 Å². The number of carboxylic acids is 1. The Hall–Kier alpha value is -0.950. The van der Waals surface area contributed by atoms with Gasteiger partial charge in [-0.1, -0.05) is 0 Å². The van der Waals surface area contributed by atoms with Gasteiger partial charge in [0.1, 0.15) is 6.04 Å². The van der Waals surface area contributed by atoms with Crippen LogP contribution in [0.25, 0.3) is 0 Å². The Morgan fingerprint density at radius 2 is 2.00 bits per heavy atom. The van der Waals surface area contributed by atoms with Gasteiger partial charge in [0.05, 0.1) is 13.2 Å². The first kappa shape index (κ1) is 14.5. The lowest BCUT2D eigenvalue weighted by molar-refractivity contribution is -0.139. The highest BCUT2D eigenvalue weighted by Gasteiger charge is 2.40. The van der Waals surface area contributed by atoms with E-state index in [2.05, 4.69) is 5.32 Å². The van der Waals surface area contributed by atoms with Gasteiger partial charge in [0.2, 0.25) is 0 Å². The number of morpholine rings is 1. The molecule has 1 aliphatic heterocycles. The van der Waals surface area contributed by atoms with Crippen LogP contribution in [0.4, 0.5) is 4.79 Å². The second kappa shape index (κ2) is 6.47. The molecular formula is C12H20N2O4S. The van der Waals surface area contributed by atoms with Gasteiger partial charge in [-0.3, -0.25) is 0 Å². The third-order valence-corrected chi connectivity index (χ3v) is 4.73. The zero-order chi connectivity index (χ0) is 13.8. The van der Waals surface area contributed by atoms with E-state index in [0.29, 0.717) is 32.2 Å². The average molecular weight is 288 g/mol. The normalized spacial score (nSPS) is 22.7. The number of nitrogens with zero attached hydrogens (tertiary/aromatic N) is 1. The zero-order valence-corrected chi connectivity index (χ0v) is 11.8. The predicted molar refractivity (Wildman–Crippen MR) is 72.4 cm³/mol. The van der Waals surface area contributed by atoms with Crippen LogP contribution < -0.4 is 5.32 Å². The Bertz CT molecular complexity index is 343. The molecule has 0 bridgehead atoms. The molecule has 0 radical (unpaired) electrons. The van der Waals surface area contributed by atoms with Crippen molar-refractivity contribution in [2.24, 2.45) is 5.92 Å². The summed E-state index contributed by atoms with van der Waals surface area (Å²) in [5, 5.41) is 12.0. The van der Waals surface area contributed by atoms with Crippen LogP contribution in [0, 0.1) is 5.92 Å². The van der Waals surface area contributed by atoms with Gasteiger partial charge in [0.15, 0.2) is 0 Å². The minimum absolute atomic E-state index is 0.0394. The minimum atomic E-state index is -0.951. The number of ether oxygens (including phenoxy) is 1. The summed E-state index contributed by atoms with van der Waals surface area (Å²) in [5.74, 6) is -0.533. The molecule has 1 heterocycles. The zero-order valence-electron chi connectivity index (χ0n) is 11.0. The standard InChI is InChI=1S/C12H20N2O4S/c1-19-10(8-2-3-8)9(11(15)16)13-12(17)14-4-6-18-7-5-14/h8-10H,2-7H2,1H3,(H,13,17)(H,15,16). The summed E-state index contributed by atoms with van der Waals surface area (Å²) in [6.07, 6.45) is 4.02. The van der Waals surface area contributed by atoms with Crippen LogP contribution >= 0.6 is 11.8 Å². The van der Waals surface area contributed by atoms with Crippen molar-refractivity contribution >= 4 is 23.8 Å². The molecule has 108 valence electrons. The molecule has 1 saturated heterocycles. The van der Waals surface area contributed by atoms with Crippen molar-refractivity contribution in [3.05, 3.63) is 0 Å². The van der Waals surface area contributed by atoms with Gasteiger partial charge in [-0.2, -0.15) is 11.8 Å². The SMILES string of the molecule is CSC(C1CC1)C(NC(=O)N1CCOCC1)C(=O)O. The van der Waals surface area contributed by atoms with E-state index in [0.717, 1.165) is 12.8 Å². The number of amides is 2. The van der Waals surface area contributed by atoms with E-state index < -0.39 is 12.0 Å². The molecule has 19 heavy (non-hydrogen) atoms. The molecule has 0 spiro atoms. The van der Waals surface area contributed by atoms with Crippen molar-refractivity contribution in [1.29, 1.82) is 0 Å². The fourth-order valence-corrected chi connectivity index (χ4v) is 3.41. The van der Waals surface area contributed by atoms with Crippen molar-refractivity contribution in [1.82, 2.24) is 10.2 Å². The summed E-state index contributed by atoms with van der Waals surface area (Å²) >= 11 is 1.53. The lowest BCUT2D eigenvalue weighted by atomic mass is 10.1. The number of carboxylic acid groups (broad SMARTS) is 1. The van der Waals surface area contributed by atoms with Crippen LogP contribution in [-0.4, -0.2) is 65.9 Å². The lowest BCUT2D eigenvalue weighted by Gasteiger charge is -2.30. The molecule has 2 atom stereocenters. The Balaban J connectivity index is 1.95. The molecule has 2 amide bonds. The molecule has 2 fully saturated rings. The van der Waals surface area contributed by atoms with E-state index >= 15 is 0 Å². The Kier molecular flexibility index (Phi) is 4.93. The van der Waals surface area contributed by atoms with Crippen molar-refractivity contribution in [3.8, 4) is 0 Å². The molecular weight excluding hydrogens is 268 g/mol. The molecule has 0 aromatic heterocycles. The number of nitrogens with one attached hydrogen (secondary N) is 1. The molecule has 2 rings (SSSR count). The second-order valence-electron chi connectivity index (χ2n) is 4.90. The van der Waals surface area contributed by atoms with Crippen molar-refractivity contribution < 1.29 is 19.4 Å². The van der Waals surface area contributed by atoms with E-state index in [-0.39, 0.29) is 11.3 Å². The first-order valence-corrected chi connectivity index (χ1v) is 7.81. The summed E-state index contributed by atoms with van der Waals surface area (Å²) in [7, 11) is 0. The van der Waals surface area contributed by atoms with E-state index in [1.165, 1.54) is 11.8 Å². The maximum absolute atomic E-state index is 12.1. The average Bonchev–Trinajstić information content (AvgIpc) is 3.23. The van der Waals surface area contributed by atoms with Crippen molar-refractivity contribution in [2.45, 2.75) is 24.1 Å². The Morgan fingerprint density at radius 3 is 2.47 bits per heavy atom. The van der Waals surface area contributed by atoms with Gasteiger partial charge >= 0.3 is 12.0 Å². The molecule has 2 unspecified atom stereocenters. The summed E-state index contributed by atoms with van der Waals surface area (Å²) in [4.78, 5) is 25.1. The third kappa shape index (κ3) is 3.76. The molecule has 0 aromatic rings. The number of aliphatic carboxylic acids is 1. The summed E-state index contributed by atoms with van der Waals surface area (Å²) in [6.45, 7) is 2.07. The summed E-state index contributed by atoms with van der Waals surface area (Å²) < 4.78 is 5.18. The number of carbonyl (C=O) groups is 2. The number of rotatable bonds is 5. The monoisotopic (exact) mass is 288 g/mol. The highest BCUT2D eigenvalue weighted by atomic mass is 32.2. The van der Waals surface area contributed by atoms with Gasteiger partial charge in [0, 0.05) is 18.3 Å². The molecule has 0 aromatic carbocycles. The number of hydrogen-bond donors (Lipinski definition) is 2. The Labute approximate surface area is 116 Å². The fraction of sp³-hybridized carbons (Fsp3) is 0.833. The van der Waals surface area contributed by atoms with E-state index in [1.807, 2.05) is 6.26 Å². The fourth-order valence-electron chi connectivity index (χ4n) is 2.30. The van der Waals surface area contributed by atoms with Crippen LogP contribution in [0.3, 0.4) is 0 Å². The molecule has 2 N–H and O–H groups in total. The molecule has 6 nitrogen and oxygen atoms in total. The highest BCUT2D eigenvalue weighted by Crippen LogP contribution is 2.39. The largest absolute Gasteiger partial charge is 0.480 e. The number of hydrogen-bond acceptors (Lipinski definition) is 4. The van der Waals surface area contributed by atoms with Gasteiger partial charge in [-0.15, -0.1) is 0 Å². The third-order valence-electron chi connectivity index (χ3n) is 3.53. The van der Waals surface area contributed by atoms with Crippen LogP contribution in [0.15, 0.2) is 0 Å². The number of urea groups is 1. The van der Waals surface area contributed by atoms with E-state index in [4.69, 9.17) is 4.74 Å². The number of carbonyl (C=O) groups excluding carboxylic acids is 1. The summed E-state index contributed by atoms with van der Waals surface area (Å²) in [5.41, 5.74) is 0. The van der Waals surface area contributed by atoms with Gasteiger partial charge in [-0.05, 0) is 25.0 Å². The highest BCUT2D eigenvalue weighted by molar-refractivity contribution is 7.99. The van der Waals surface area contributed by atoms with Crippen LogP contribution in [-0.2, 0) is 9.53 Å². The molecule has 7 heteroatoms. The first-order valence-electron chi connectivity index (χ1n) is 6.52. The van der Waals surface area contributed by atoms with Gasteiger partial charge < -0.3 is 20.1 Å². The molecule has 1 aliphatic carbocycles. The van der Waals surface area contributed by atoms with Crippen LogP contribution in [0.5, 0.6) is 0 Å². The lowest BCUT2D eigenvalue weighted by Crippen LogP contribution is -2.54. The number of thioether (sulfide) groups is 1. The second-order valence-corrected chi connectivity index (χ2v) is 5.92. The maximum atomic E-state index is 12.1. The predicted octanol–water partition coefficient (Wildman–Crippen LogP) is 0.623. The molecule has 1 saturated carbocycles. The Morgan fingerprint density at radius 1 is 1.37 bits per heavy atom. The quantitative estimate of drug-likeness (QED) is 0.775. The first-order chi connectivity index (χ1) is 9.13. The van der Waals surface area contributed by atoms with Crippen molar-refractivity contribution in [2.75, 3.05) is 32.6 Å². The molecule has 2 aliphatic rings. The van der Waals surface area contributed by atoms with Crippen LogP contribution in [0.1, 0.15) is 12.8 Å². The van der Waals surface area contributed by atoms with E-state index in [1.54, 1.807) is 4.90 Å². The minimum Gasteiger partial charge on any atom is -0.480 e. The van der Waals surface area contributed by atoms with Crippen LogP contribution in [0.2, 0.25) is 0 Å².